The van der Waals surface area contributed by atoms with Gasteiger partial charge in [-0.15, -0.1) is 0 Å². The lowest BCUT2D eigenvalue weighted by atomic mass is 9.34. The van der Waals surface area contributed by atoms with Gasteiger partial charge < -0.3 is 4.90 Å². The Balaban J connectivity index is 1.71. The molecule has 3 nitrogen and oxygen atoms in total. The minimum Gasteiger partial charge on any atom is -0.378 e. The number of anilines is 1. The average molecular weight is 300 g/mol. The van der Waals surface area contributed by atoms with Crippen LogP contribution in [0.1, 0.15) is 24.8 Å². The molecule has 0 saturated heterocycles. The summed E-state index contributed by atoms with van der Waals surface area (Å²) in [5.74, 6) is 0.138. The Kier molecular flexibility index (Phi) is 2.71. The largest absolute Gasteiger partial charge is 0.378 e. The van der Waals surface area contributed by atoms with Crippen molar-refractivity contribution in [1.82, 2.24) is 0 Å². The fourth-order valence-electron chi connectivity index (χ4n) is 3.94. The van der Waals surface area contributed by atoms with Crippen LogP contribution in [-0.2, 0) is 14.5 Å². The molecule has 3 saturated carbocycles. The molecule has 3 fully saturated rings. The van der Waals surface area contributed by atoms with Crippen LogP contribution in [0.2, 0.25) is 0 Å². The molecule has 4 rings (SSSR count). The zero-order valence-corrected chi connectivity index (χ0v) is 12.8. The van der Waals surface area contributed by atoms with Crippen LogP contribution in [-0.4, -0.2) is 28.3 Å². The molecular formula is C14H18ClNO2S. The highest BCUT2D eigenvalue weighted by atomic mass is 35.7. The SMILES string of the molecule is CN(C)c1ccc(C23CC(CS(=O)(=O)Cl)(C2)C3)cc1. The van der Waals surface area contributed by atoms with E-state index in [-0.39, 0.29) is 16.6 Å². The summed E-state index contributed by atoms with van der Waals surface area (Å²) in [5, 5.41) is 0. The van der Waals surface area contributed by atoms with Gasteiger partial charge in [0.1, 0.15) is 0 Å². The lowest BCUT2D eigenvalue weighted by Crippen LogP contribution is -2.66. The van der Waals surface area contributed by atoms with Crippen molar-refractivity contribution in [2.75, 3.05) is 24.7 Å². The van der Waals surface area contributed by atoms with E-state index in [1.54, 1.807) is 0 Å². The molecule has 1 aromatic rings. The molecule has 0 N–H and O–H groups in total. The van der Waals surface area contributed by atoms with Gasteiger partial charge in [-0.25, -0.2) is 8.42 Å². The zero-order valence-electron chi connectivity index (χ0n) is 11.2. The van der Waals surface area contributed by atoms with Gasteiger partial charge in [0.05, 0.1) is 5.75 Å². The third-order valence-corrected chi connectivity index (χ3v) is 5.90. The van der Waals surface area contributed by atoms with Crippen LogP contribution in [0.5, 0.6) is 0 Å². The second-order valence-electron chi connectivity index (χ2n) is 6.44. The zero-order chi connectivity index (χ0) is 13.9. The van der Waals surface area contributed by atoms with Gasteiger partial charge in [-0.2, -0.15) is 0 Å². The first-order chi connectivity index (χ1) is 8.74. The molecular weight excluding hydrogens is 282 g/mol. The summed E-state index contributed by atoms with van der Waals surface area (Å²) in [7, 11) is 6.05. The second-order valence-corrected chi connectivity index (χ2v) is 9.21. The maximum atomic E-state index is 11.2. The summed E-state index contributed by atoms with van der Waals surface area (Å²) in [6.07, 6.45) is 2.90. The molecule has 0 atom stereocenters. The maximum absolute atomic E-state index is 11.2. The summed E-state index contributed by atoms with van der Waals surface area (Å²) in [6, 6.07) is 8.60. The average Bonchev–Trinajstić information content (AvgIpc) is 2.20. The smallest absolute Gasteiger partial charge is 0.233 e. The highest BCUT2D eigenvalue weighted by Gasteiger charge is 2.68. The molecule has 0 aromatic heterocycles. The van der Waals surface area contributed by atoms with Crippen molar-refractivity contribution < 1.29 is 8.42 Å². The van der Waals surface area contributed by atoms with Gasteiger partial charge in [0.25, 0.3) is 0 Å². The second kappa shape index (κ2) is 3.89. The van der Waals surface area contributed by atoms with Crippen molar-refractivity contribution in [3.8, 4) is 0 Å². The lowest BCUT2D eigenvalue weighted by molar-refractivity contribution is -0.122. The van der Waals surface area contributed by atoms with E-state index in [1.807, 2.05) is 14.1 Å². The topological polar surface area (TPSA) is 37.4 Å². The minimum absolute atomic E-state index is 0.0270. The molecule has 5 heteroatoms. The van der Waals surface area contributed by atoms with Gasteiger partial charge >= 0.3 is 0 Å². The van der Waals surface area contributed by atoms with Crippen LogP contribution in [0.15, 0.2) is 24.3 Å². The van der Waals surface area contributed by atoms with E-state index in [0.717, 1.165) is 19.3 Å². The third-order valence-electron chi connectivity index (χ3n) is 4.61. The molecule has 19 heavy (non-hydrogen) atoms. The van der Waals surface area contributed by atoms with Crippen LogP contribution in [0.3, 0.4) is 0 Å². The van der Waals surface area contributed by atoms with Gasteiger partial charge in [0, 0.05) is 30.5 Å². The molecule has 0 radical (unpaired) electrons. The molecule has 1 aromatic carbocycles. The van der Waals surface area contributed by atoms with Crippen molar-refractivity contribution in [2.24, 2.45) is 5.41 Å². The van der Waals surface area contributed by atoms with Gasteiger partial charge in [0.2, 0.25) is 9.05 Å². The maximum Gasteiger partial charge on any atom is 0.233 e. The van der Waals surface area contributed by atoms with Gasteiger partial charge in [-0.1, -0.05) is 12.1 Å². The lowest BCUT2D eigenvalue weighted by Gasteiger charge is -2.71. The fourth-order valence-corrected chi connectivity index (χ4v) is 5.67. The van der Waals surface area contributed by atoms with E-state index in [4.69, 9.17) is 10.7 Å². The highest BCUT2D eigenvalue weighted by molar-refractivity contribution is 8.13. The van der Waals surface area contributed by atoms with E-state index in [2.05, 4.69) is 29.2 Å². The van der Waals surface area contributed by atoms with Crippen LogP contribution in [0.4, 0.5) is 5.69 Å². The van der Waals surface area contributed by atoms with Crippen molar-refractivity contribution in [3.05, 3.63) is 29.8 Å². The summed E-state index contributed by atoms with van der Waals surface area (Å²) >= 11 is 0. The molecule has 0 heterocycles. The summed E-state index contributed by atoms with van der Waals surface area (Å²) < 4.78 is 22.4. The van der Waals surface area contributed by atoms with Crippen molar-refractivity contribution in [2.45, 2.75) is 24.7 Å². The molecule has 0 unspecified atom stereocenters. The van der Waals surface area contributed by atoms with E-state index in [0.29, 0.717) is 0 Å². The monoisotopic (exact) mass is 299 g/mol. The Labute approximate surface area is 119 Å². The van der Waals surface area contributed by atoms with Crippen molar-refractivity contribution >= 4 is 25.4 Å². The predicted octanol–water partition coefficient (Wildman–Crippen LogP) is 2.74. The van der Waals surface area contributed by atoms with E-state index >= 15 is 0 Å². The molecule has 104 valence electrons. The first-order valence-electron chi connectivity index (χ1n) is 6.44. The van der Waals surface area contributed by atoms with Crippen LogP contribution < -0.4 is 4.90 Å². The number of hydrogen-bond donors (Lipinski definition) is 0. The first-order valence-corrected chi connectivity index (χ1v) is 8.92. The van der Waals surface area contributed by atoms with Crippen LogP contribution in [0, 0.1) is 5.41 Å². The molecule has 0 spiro atoms. The quantitative estimate of drug-likeness (QED) is 0.802. The Morgan fingerprint density at radius 2 is 1.68 bits per heavy atom. The number of rotatable bonds is 4. The number of benzene rings is 1. The van der Waals surface area contributed by atoms with Crippen LogP contribution >= 0.6 is 10.7 Å². The fraction of sp³-hybridized carbons (Fsp3) is 0.571. The predicted molar refractivity (Wildman–Crippen MR) is 78.4 cm³/mol. The molecule has 3 aliphatic rings. The Bertz CT molecular complexity index is 587. The molecule has 0 amide bonds. The third kappa shape index (κ3) is 2.15. The first kappa shape index (κ1) is 13.3. The normalized spacial score (nSPS) is 32.4. The Morgan fingerprint density at radius 3 is 2.11 bits per heavy atom. The van der Waals surface area contributed by atoms with Crippen molar-refractivity contribution in [3.63, 3.8) is 0 Å². The molecule has 3 aliphatic carbocycles. The Morgan fingerprint density at radius 1 is 1.16 bits per heavy atom. The molecule has 0 aliphatic heterocycles. The van der Waals surface area contributed by atoms with E-state index in [1.165, 1.54) is 11.3 Å². The van der Waals surface area contributed by atoms with Gasteiger partial charge in [-0.3, -0.25) is 0 Å². The van der Waals surface area contributed by atoms with Gasteiger partial charge in [-0.05, 0) is 47.8 Å². The Hall–Kier alpha value is -0.740. The number of nitrogens with zero attached hydrogens (tertiary/aromatic N) is 1. The van der Waals surface area contributed by atoms with Crippen molar-refractivity contribution in [1.29, 1.82) is 0 Å². The summed E-state index contributed by atoms with van der Waals surface area (Å²) in [5.41, 5.74) is 2.73. The molecule has 2 bridgehead atoms. The minimum atomic E-state index is -3.37. The highest BCUT2D eigenvalue weighted by Crippen LogP contribution is 2.74. The number of hydrogen-bond acceptors (Lipinski definition) is 3. The van der Waals surface area contributed by atoms with E-state index in [9.17, 15) is 8.42 Å². The standard InChI is InChI=1S/C14H18ClNO2S/c1-16(2)12-5-3-11(4-6-12)14-7-13(8-14,9-14)10-19(15,17)18/h3-6H,7-10H2,1-2H3. The van der Waals surface area contributed by atoms with E-state index < -0.39 is 9.05 Å². The van der Waals surface area contributed by atoms with Gasteiger partial charge in [0.15, 0.2) is 0 Å². The van der Waals surface area contributed by atoms with Crippen LogP contribution in [0.25, 0.3) is 0 Å². The summed E-state index contributed by atoms with van der Waals surface area (Å²) in [6.45, 7) is 0. The number of halogens is 1. The summed E-state index contributed by atoms with van der Waals surface area (Å²) in [4.78, 5) is 2.08.